The molecule has 0 radical (unpaired) electrons. The Morgan fingerprint density at radius 3 is 3.00 bits per heavy atom. The van der Waals surface area contributed by atoms with Crippen LogP contribution in [-0.4, -0.2) is 63.0 Å². The summed E-state index contributed by atoms with van der Waals surface area (Å²) in [5, 5.41) is 8.97. The average Bonchev–Trinajstić information content (AvgIpc) is 2.47. The molecule has 2 amide bonds. The molecule has 1 aromatic heterocycles. The third kappa shape index (κ3) is 4.35. The van der Waals surface area contributed by atoms with Crippen LogP contribution in [0.3, 0.4) is 0 Å². The van der Waals surface area contributed by atoms with Gasteiger partial charge in [0.1, 0.15) is 0 Å². The number of carboxylic acids is 1. The van der Waals surface area contributed by atoms with Crippen molar-refractivity contribution in [2.45, 2.75) is 19.0 Å². The van der Waals surface area contributed by atoms with Gasteiger partial charge in [0.05, 0.1) is 24.7 Å². The van der Waals surface area contributed by atoms with Gasteiger partial charge in [-0.3, -0.25) is 9.78 Å². The molecule has 0 spiro atoms. The molecule has 1 N–H and O–H groups in total. The van der Waals surface area contributed by atoms with Gasteiger partial charge < -0.3 is 14.9 Å². The molecule has 6 nitrogen and oxygen atoms in total. The number of nitrogens with zero attached hydrogens (tertiary/aromatic N) is 3. The molecule has 2 heterocycles. The fraction of sp³-hybridized carbons (Fsp3) is 0.500. The van der Waals surface area contributed by atoms with E-state index in [1.54, 1.807) is 34.8 Å². The van der Waals surface area contributed by atoms with Gasteiger partial charge in [0.25, 0.3) is 0 Å². The normalized spacial score (nSPS) is 18.3. The van der Waals surface area contributed by atoms with Crippen molar-refractivity contribution in [2.75, 3.05) is 25.1 Å². The highest BCUT2D eigenvalue weighted by Crippen LogP contribution is 2.20. The molecule has 1 aliphatic heterocycles. The van der Waals surface area contributed by atoms with Crippen LogP contribution in [0.25, 0.3) is 0 Å². The number of rotatable bonds is 4. The van der Waals surface area contributed by atoms with E-state index in [-0.39, 0.29) is 18.5 Å². The van der Waals surface area contributed by atoms with Crippen molar-refractivity contribution >= 4 is 23.8 Å². The molecule has 1 unspecified atom stereocenters. The minimum absolute atomic E-state index is 0.00380. The molecule has 21 heavy (non-hydrogen) atoms. The summed E-state index contributed by atoms with van der Waals surface area (Å²) >= 11 is 1.69. The van der Waals surface area contributed by atoms with Crippen LogP contribution in [0.5, 0.6) is 0 Å². The number of hydrogen-bond acceptors (Lipinski definition) is 4. The molecule has 0 saturated carbocycles. The van der Waals surface area contributed by atoms with Gasteiger partial charge >= 0.3 is 12.0 Å². The van der Waals surface area contributed by atoms with Gasteiger partial charge in [-0.15, -0.1) is 0 Å². The van der Waals surface area contributed by atoms with Gasteiger partial charge in [-0.1, -0.05) is 6.07 Å². The van der Waals surface area contributed by atoms with E-state index in [9.17, 15) is 9.59 Å². The van der Waals surface area contributed by atoms with Crippen LogP contribution in [0, 0.1) is 0 Å². The third-order valence-corrected chi connectivity index (χ3v) is 4.43. The van der Waals surface area contributed by atoms with Crippen molar-refractivity contribution in [1.29, 1.82) is 0 Å². The summed E-state index contributed by atoms with van der Waals surface area (Å²) in [6.45, 7) is 1.01. The highest BCUT2D eigenvalue weighted by Gasteiger charge is 2.30. The Labute approximate surface area is 128 Å². The van der Waals surface area contributed by atoms with Crippen molar-refractivity contribution in [3.63, 3.8) is 0 Å². The lowest BCUT2D eigenvalue weighted by Gasteiger charge is -2.37. The number of hydrogen-bond donors (Lipinski definition) is 1. The maximum absolute atomic E-state index is 12.5. The first-order valence-corrected chi connectivity index (χ1v) is 7.94. The molecular formula is C14H19N3O3S. The summed E-state index contributed by atoms with van der Waals surface area (Å²) < 4.78 is 0. The monoisotopic (exact) mass is 309 g/mol. The largest absolute Gasteiger partial charge is 0.481 e. The zero-order valence-electron chi connectivity index (χ0n) is 11.9. The number of amides is 2. The third-order valence-electron chi connectivity index (χ3n) is 3.34. The van der Waals surface area contributed by atoms with Crippen molar-refractivity contribution in [3.05, 3.63) is 30.1 Å². The maximum atomic E-state index is 12.5. The van der Waals surface area contributed by atoms with Crippen molar-refractivity contribution in [1.82, 2.24) is 14.8 Å². The number of urea groups is 1. The van der Waals surface area contributed by atoms with Crippen LogP contribution in [0.2, 0.25) is 0 Å². The summed E-state index contributed by atoms with van der Waals surface area (Å²) in [6.07, 6.45) is 1.69. The van der Waals surface area contributed by atoms with Gasteiger partial charge in [-0.05, 0) is 12.1 Å². The molecule has 1 aliphatic rings. The SMILES string of the molecule is CN(Cc1ccccn1)C(=O)N1CCSCC1CC(=O)O. The van der Waals surface area contributed by atoms with E-state index in [1.165, 1.54) is 0 Å². The second kappa shape index (κ2) is 7.31. The Kier molecular flexibility index (Phi) is 5.44. The lowest BCUT2D eigenvalue weighted by Crippen LogP contribution is -2.51. The first-order valence-electron chi connectivity index (χ1n) is 6.79. The second-order valence-electron chi connectivity index (χ2n) is 4.98. The minimum atomic E-state index is -0.868. The molecular weight excluding hydrogens is 290 g/mol. The van der Waals surface area contributed by atoms with E-state index in [0.717, 1.165) is 11.4 Å². The highest BCUT2D eigenvalue weighted by atomic mass is 32.2. The molecule has 0 aromatic carbocycles. The molecule has 0 aliphatic carbocycles. The summed E-state index contributed by atoms with van der Waals surface area (Å²) in [7, 11) is 1.72. The Hall–Kier alpha value is -1.76. The van der Waals surface area contributed by atoms with Crippen molar-refractivity contribution in [3.8, 4) is 0 Å². The standard InChI is InChI=1S/C14H19N3O3S/c1-16(9-11-4-2-3-5-15-11)14(20)17-6-7-21-10-12(17)8-13(18)19/h2-5,12H,6-10H2,1H3,(H,18,19). The first-order chi connectivity index (χ1) is 10.1. The van der Waals surface area contributed by atoms with E-state index < -0.39 is 5.97 Å². The molecule has 7 heteroatoms. The van der Waals surface area contributed by atoms with Crippen LogP contribution in [-0.2, 0) is 11.3 Å². The van der Waals surface area contributed by atoms with E-state index in [0.29, 0.717) is 18.8 Å². The highest BCUT2D eigenvalue weighted by molar-refractivity contribution is 7.99. The van der Waals surface area contributed by atoms with Crippen LogP contribution in [0.15, 0.2) is 24.4 Å². The lowest BCUT2D eigenvalue weighted by molar-refractivity contribution is -0.138. The minimum Gasteiger partial charge on any atom is -0.481 e. The number of pyridine rings is 1. The van der Waals surface area contributed by atoms with E-state index in [2.05, 4.69) is 4.98 Å². The summed E-state index contributed by atoms with van der Waals surface area (Å²) in [4.78, 5) is 30.9. The predicted molar refractivity (Wildman–Crippen MR) is 81.2 cm³/mol. The number of thioether (sulfide) groups is 1. The molecule has 1 aromatic rings. The number of carbonyl (C=O) groups excluding carboxylic acids is 1. The Morgan fingerprint density at radius 1 is 1.52 bits per heavy atom. The summed E-state index contributed by atoms with van der Waals surface area (Å²) in [5.74, 6) is 0.655. The zero-order chi connectivity index (χ0) is 15.2. The Bertz CT molecular complexity index is 497. The molecule has 0 bridgehead atoms. The fourth-order valence-electron chi connectivity index (χ4n) is 2.30. The van der Waals surface area contributed by atoms with Crippen LogP contribution in [0.1, 0.15) is 12.1 Å². The number of carboxylic acid groups (broad SMARTS) is 1. The molecule has 1 atom stereocenters. The molecule has 2 rings (SSSR count). The summed E-state index contributed by atoms with van der Waals surface area (Å²) in [5.41, 5.74) is 0.814. The number of aliphatic carboxylic acids is 1. The predicted octanol–water partition coefficient (Wildman–Crippen LogP) is 1.53. The average molecular weight is 309 g/mol. The topological polar surface area (TPSA) is 73.7 Å². The van der Waals surface area contributed by atoms with Crippen molar-refractivity contribution < 1.29 is 14.7 Å². The molecule has 1 fully saturated rings. The molecule has 1 saturated heterocycles. The van der Waals surface area contributed by atoms with Gasteiger partial charge in [0.15, 0.2) is 0 Å². The molecule has 114 valence electrons. The van der Waals surface area contributed by atoms with E-state index in [4.69, 9.17) is 5.11 Å². The number of aromatic nitrogens is 1. The number of carbonyl (C=O) groups is 2. The summed E-state index contributed by atoms with van der Waals surface area (Å²) in [6, 6.07) is 5.21. The Balaban J connectivity index is 2.00. The van der Waals surface area contributed by atoms with Crippen LogP contribution >= 0.6 is 11.8 Å². The van der Waals surface area contributed by atoms with E-state index in [1.807, 2.05) is 18.2 Å². The first kappa shape index (κ1) is 15.6. The quantitative estimate of drug-likeness (QED) is 0.913. The van der Waals surface area contributed by atoms with E-state index >= 15 is 0 Å². The lowest BCUT2D eigenvalue weighted by atomic mass is 10.2. The zero-order valence-corrected chi connectivity index (χ0v) is 12.8. The second-order valence-corrected chi connectivity index (χ2v) is 6.13. The van der Waals surface area contributed by atoms with Gasteiger partial charge in [0.2, 0.25) is 0 Å². The van der Waals surface area contributed by atoms with Gasteiger partial charge in [-0.25, -0.2) is 4.79 Å². The van der Waals surface area contributed by atoms with Crippen LogP contribution < -0.4 is 0 Å². The maximum Gasteiger partial charge on any atom is 0.320 e. The van der Waals surface area contributed by atoms with Crippen molar-refractivity contribution in [2.24, 2.45) is 0 Å². The van der Waals surface area contributed by atoms with Gasteiger partial charge in [-0.2, -0.15) is 11.8 Å². The fourth-order valence-corrected chi connectivity index (χ4v) is 3.36. The Morgan fingerprint density at radius 2 is 2.33 bits per heavy atom. The van der Waals surface area contributed by atoms with Gasteiger partial charge in [0, 0.05) is 31.3 Å². The van der Waals surface area contributed by atoms with Crippen LogP contribution in [0.4, 0.5) is 4.79 Å². The smallest absolute Gasteiger partial charge is 0.320 e.